The van der Waals surface area contributed by atoms with Gasteiger partial charge in [-0.1, -0.05) is 0 Å². The lowest BCUT2D eigenvalue weighted by molar-refractivity contribution is -0.134. The van der Waals surface area contributed by atoms with Crippen molar-refractivity contribution in [1.82, 2.24) is 0 Å². The van der Waals surface area contributed by atoms with Gasteiger partial charge in [0.2, 0.25) is 0 Å². The minimum Gasteiger partial charge on any atom is -0.426 e. The Morgan fingerprint density at radius 2 is 2.00 bits per heavy atom. The zero-order valence-corrected chi connectivity index (χ0v) is 11.7. The van der Waals surface area contributed by atoms with Crippen molar-refractivity contribution >= 4 is 51.2 Å². The third-order valence-electron chi connectivity index (χ3n) is 2.18. The maximum atomic E-state index is 11.2. The van der Waals surface area contributed by atoms with E-state index in [0.717, 1.165) is 18.6 Å². The summed E-state index contributed by atoms with van der Waals surface area (Å²) in [5.74, 6) is 0.637. The number of rotatable bonds is 0. The molecule has 0 radical (unpaired) electrons. The van der Waals surface area contributed by atoms with Crippen molar-refractivity contribution in [2.45, 2.75) is 19.3 Å². The van der Waals surface area contributed by atoms with Crippen LogP contribution in [-0.4, -0.2) is 5.97 Å². The molecule has 0 spiro atoms. The number of benzene rings is 1. The van der Waals surface area contributed by atoms with Crippen LogP contribution in [0.3, 0.4) is 0 Å². The van der Waals surface area contributed by atoms with Crippen LogP contribution in [0.4, 0.5) is 0 Å². The van der Waals surface area contributed by atoms with Gasteiger partial charge >= 0.3 is 5.97 Å². The quantitative estimate of drug-likeness (QED) is 0.371. The number of carbonyl (C=O) groups excluding carboxylic acids is 1. The summed E-state index contributed by atoms with van der Waals surface area (Å²) in [6.45, 7) is 0. The molecule has 1 aromatic rings. The Hall–Kier alpha value is 0.150. The number of fused-ring (bicyclic) bond motifs is 1. The molecule has 2 rings (SSSR count). The van der Waals surface area contributed by atoms with Crippen molar-refractivity contribution < 1.29 is 9.53 Å². The van der Waals surface area contributed by atoms with Crippen LogP contribution in [0.1, 0.15) is 18.4 Å². The van der Waals surface area contributed by atoms with Gasteiger partial charge in [0.1, 0.15) is 5.75 Å². The summed E-state index contributed by atoms with van der Waals surface area (Å²) in [6, 6.07) is 3.88. The molecule has 0 unspecified atom stereocenters. The van der Waals surface area contributed by atoms with Crippen molar-refractivity contribution in [3.05, 3.63) is 24.8 Å². The van der Waals surface area contributed by atoms with Gasteiger partial charge in [-0.15, -0.1) is 0 Å². The summed E-state index contributed by atoms with van der Waals surface area (Å²) in [7, 11) is 0. The lowest BCUT2D eigenvalue weighted by Gasteiger charge is -2.08. The van der Waals surface area contributed by atoms with E-state index in [1.54, 1.807) is 0 Å². The molecule has 0 amide bonds. The number of hydrogen-bond donors (Lipinski definition) is 0. The van der Waals surface area contributed by atoms with Crippen molar-refractivity contribution in [3.63, 3.8) is 0 Å². The fourth-order valence-corrected chi connectivity index (χ4v) is 2.71. The van der Waals surface area contributed by atoms with Gasteiger partial charge in [-0.3, -0.25) is 4.79 Å². The van der Waals surface area contributed by atoms with E-state index in [2.05, 4.69) is 45.2 Å². The normalized spacial score (nSPS) is 15.7. The predicted octanol–water partition coefficient (Wildman–Crippen LogP) is 3.14. The van der Waals surface area contributed by atoms with Gasteiger partial charge in [0.05, 0.1) is 0 Å². The highest BCUT2D eigenvalue weighted by Crippen LogP contribution is 2.31. The fraction of sp³-hybridized carbons (Fsp3) is 0.300. The number of hydrogen-bond acceptors (Lipinski definition) is 2. The van der Waals surface area contributed by atoms with Gasteiger partial charge in [-0.25, -0.2) is 0 Å². The van der Waals surface area contributed by atoms with E-state index >= 15 is 0 Å². The molecular weight excluding hydrogens is 406 g/mol. The van der Waals surface area contributed by atoms with Crippen LogP contribution in [0.2, 0.25) is 0 Å². The Bertz CT molecular complexity index is 388. The van der Waals surface area contributed by atoms with Crippen LogP contribution in [0.5, 0.6) is 5.75 Å². The third kappa shape index (κ3) is 2.05. The van der Waals surface area contributed by atoms with Gasteiger partial charge in [0, 0.05) is 19.1 Å². The van der Waals surface area contributed by atoms with Crippen molar-refractivity contribution in [3.8, 4) is 5.75 Å². The molecule has 0 N–H and O–H groups in total. The number of halogens is 2. The molecule has 0 atom stereocenters. The summed E-state index contributed by atoms with van der Waals surface area (Å²) < 4.78 is 7.69. The minimum absolute atomic E-state index is 0.110. The maximum absolute atomic E-state index is 11.2. The largest absolute Gasteiger partial charge is 0.426 e. The zero-order valence-electron chi connectivity index (χ0n) is 7.35. The molecule has 4 heteroatoms. The number of carbonyl (C=O) groups is 1. The zero-order chi connectivity index (χ0) is 10.1. The van der Waals surface area contributed by atoms with Crippen molar-refractivity contribution in [2.24, 2.45) is 0 Å². The maximum Gasteiger partial charge on any atom is 0.311 e. The van der Waals surface area contributed by atoms with Gasteiger partial charge in [0.15, 0.2) is 0 Å². The van der Waals surface area contributed by atoms with Crippen molar-refractivity contribution in [2.75, 3.05) is 0 Å². The molecule has 1 aliphatic rings. The van der Waals surface area contributed by atoms with Gasteiger partial charge in [0.25, 0.3) is 0 Å². The van der Waals surface area contributed by atoms with Crippen molar-refractivity contribution in [1.29, 1.82) is 0 Å². The summed E-state index contributed by atoms with van der Waals surface area (Å²) in [5.41, 5.74) is 1.18. The standard InChI is InChI=1S/C10H8I2O2/c11-7-4-5-8-6(10(7)12)2-1-3-9(13)14-8/h4-5H,1-3H2. The van der Waals surface area contributed by atoms with Crippen LogP contribution in [0, 0.1) is 7.14 Å². The topological polar surface area (TPSA) is 26.3 Å². The highest BCUT2D eigenvalue weighted by atomic mass is 127. The molecule has 1 heterocycles. The average molecular weight is 414 g/mol. The second-order valence-electron chi connectivity index (χ2n) is 3.17. The Labute approximate surface area is 110 Å². The average Bonchev–Trinajstić information content (AvgIpc) is 2.34. The molecule has 0 saturated carbocycles. The number of ether oxygens (including phenoxy) is 1. The summed E-state index contributed by atoms with van der Waals surface area (Å²) >= 11 is 4.61. The Morgan fingerprint density at radius 3 is 2.79 bits per heavy atom. The molecule has 14 heavy (non-hydrogen) atoms. The second kappa shape index (κ2) is 4.34. The second-order valence-corrected chi connectivity index (χ2v) is 5.41. The van der Waals surface area contributed by atoms with E-state index in [1.165, 1.54) is 12.7 Å². The number of esters is 1. The summed E-state index contributed by atoms with van der Waals surface area (Å²) in [6.07, 6.45) is 2.36. The van der Waals surface area contributed by atoms with E-state index in [9.17, 15) is 4.79 Å². The molecule has 0 aromatic heterocycles. The summed E-state index contributed by atoms with van der Waals surface area (Å²) in [5, 5.41) is 0. The molecule has 74 valence electrons. The van der Waals surface area contributed by atoms with E-state index in [1.807, 2.05) is 12.1 Å². The molecule has 0 bridgehead atoms. The van der Waals surface area contributed by atoms with Crippen LogP contribution >= 0.6 is 45.2 Å². The first-order chi connectivity index (χ1) is 6.68. The molecule has 0 saturated heterocycles. The van der Waals surface area contributed by atoms with Gasteiger partial charge in [-0.2, -0.15) is 0 Å². The molecular formula is C10H8I2O2. The van der Waals surface area contributed by atoms with E-state index in [0.29, 0.717) is 6.42 Å². The lowest BCUT2D eigenvalue weighted by atomic mass is 10.1. The molecule has 1 aliphatic heterocycles. The molecule has 0 aliphatic carbocycles. The van der Waals surface area contributed by atoms with Gasteiger partial charge < -0.3 is 4.74 Å². The van der Waals surface area contributed by atoms with E-state index in [4.69, 9.17) is 4.74 Å². The monoisotopic (exact) mass is 414 g/mol. The molecule has 1 aromatic carbocycles. The van der Waals surface area contributed by atoms with Crippen LogP contribution < -0.4 is 4.74 Å². The van der Waals surface area contributed by atoms with Gasteiger partial charge in [-0.05, 0) is 70.2 Å². The Balaban J connectivity index is 2.50. The Morgan fingerprint density at radius 1 is 1.21 bits per heavy atom. The van der Waals surface area contributed by atoms with E-state index < -0.39 is 0 Å². The lowest BCUT2D eigenvalue weighted by Crippen LogP contribution is -2.05. The smallest absolute Gasteiger partial charge is 0.311 e. The van der Waals surface area contributed by atoms with E-state index in [-0.39, 0.29) is 5.97 Å². The highest BCUT2D eigenvalue weighted by Gasteiger charge is 2.18. The van der Waals surface area contributed by atoms with Crippen LogP contribution in [-0.2, 0) is 11.2 Å². The predicted molar refractivity (Wildman–Crippen MR) is 70.4 cm³/mol. The van der Waals surface area contributed by atoms with Crippen LogP contribution in [0.25, 0.3) is 0 Å². The molecule has 2 nitrogen and oxygen atoms in total. The first kappa shape index (κ1) is 10.7. The first-order valence-corrected chi connectivity index (χ1v) is 6.52. The SMILES string of the molecule is O=C1CCCc2c(ccc(I)c2I)O1. The first-order valence-electron chi connectivity index (χ1n) is 4.36. The molecule has 0 fully saturated rings. The van der Waals surface area contributed by atoms with Crippen LogP contribution in [0.15, 0.2) is 12.1 Å². The highest BCUT2D eigenvalue weighted by molar-refractivity contribution is 14.1. The third-order valence-corrected chi connectivity index (χ3v) is 5.35. The minimum atomic E-state index is -0.110. The fourth-order valence-electron chi connectivity index (χ4n) is 1.49. The summed E-state index contributed by atoms with van der Waals surface area (Å²) in [4.78, 5) is 11.2. The Kier molecular flexibility index (Phi) is 3.30.